The van der Waals surface area contributed by atoms with Gasteiger partial charge < -0.3 is 9.47 Å². The van der Waals surface area contributed by atoms with Gasteiger partial charge in [0, 0.05) is 0 Å². The van der Waals surface area contributed by atoms with Gasteiger partial charge in [-0.1, -0.05) is 0 Å². The summed E-state index contributed by atoms with van der Waals surface area (Å²) in [4.78, 5) is 24.5. The molecule has 0 atom stereocenters. The SMILES string of the molecule is CCOC(=O)c1ncc([N+](=O)[O-])c(I)c1OC(F)(F)F. The zero-order valence-electron chi connectivity index (χ0n) is 9.73. The molecule has 0 saturated heterocycles. The number of hydrogen-bond donors (Lipinski definition) is 0. The van der Waals surface area contributed by atoms with Crippen LogP contribution in [0.4, 0.5) is 18.9 Å². The van der Waals surface area contributed by atoms with E-state index in [2.05, 4.69) is 14.5 Å². The molecule has 0 aromatic carbocycles. The first-order chi connectivity index (χ1) is 9.17. The van der Waals surface area contributed by atoms with Gasteiger partial charge in [-0.3, -0.25) is 10.1 Å². The molecule has 1 aromatic heterocycles. The minimum Gasteiger partial charge on any atom is -0.461 e. The third-order valence-corrected chi connectivity index (χ3v) is 2.88. The van der Waals surface area contributed by atoms with Crippen LogP contribution in [0.15, 0.2) is 6.20 Å². The van der Waals surface area contributed by atoms with Crippen LogP contribution in [-0.2, 0) is 4.74 Å². The Balaban J connectivity index is 3.41. The van der Waals surface area contributed by atoms with Crippen LogP contribution in [0.3, 0.4) is 0 Å². The highest BCUT2D eigenvalue weighted by atomic mass is 127. The number of carbonyl (C=O) groups excluding carboxylic acids is 1. The van der Waals surface area contributed by atoms with Gasteiger partial charge >= 0.3 is 18.0 Å². The second-order valence-electron chi connectivity index (χ2n) is 3.16. The van der Waals surface area contributed by atoms with Crippen molar-refractivity contribution in [3.05, 3.63) is 25.6 Å². The molecule has 0 aliphatic carbocycles. The van der Waals surface area contributed by atoms with Crippen LogP contribution in [-0.4, -0.2) is 28.8 Å². The van der Waals surface area contributed by atoms with E-state index in [0.717, 1.165) is 0 Å². The molecule has 0 bridgehead atoms. The first-order valence-corrected chi connectivity index (χ1v) is 6.01. The minimum absolute atomic E-state index is 0.0977. The van der Waals surface area contributed by atoms with Crippen molar-refractivity contribution < 1.29 is 32.4 Å². The lowest BCUT2D eigenvalue weighted by molar-refractivity contribution is -0.386. The van der Waals surface area contributed by atoms with Gasteiger partial charge in [0.15, 0.2) is 11.4 Å². The number of halogens is 4. The summed E-state index contributed by atoms with van der Waals surface area (Å²) in [5, 5.41) is 10.7. The second kappa shape index (κ2) is 6.19. The van der Waals surface area contributed by atoms with Crippen molar-refractivity contribution >= 4 is 34.2 Å². The smallest absolute Gasteiger partial charge is 0.461 e. The van der Waals surface area contributed by atoms with Crippen molar-refractivity contribution in [2.75, 3.05) is 6.61 Å². The third-order valence-electron chi connectivity index (χ3n) is 1.84. The van der Waals surface area contributed by atoms with Gasteiger partial charge in [0.25, 0.3) is 0 Å². The molecule has 1 aromatic rings. The molecule has 0 radical (unpaired) electrons. The molecule has 0 aliphatic rings. The predicted octanol–water partition coefficient (Wildman–Crippen LogP) is 2.67. The number of nitrogens with zero attached hydrogens (tertiary/aromatic N) is 2. The molecule has 20 heavy (non-hydrogen) atoms. The molecule has 110 valence electrons. The van der Waals surface area contributed by atoms with Gasteiger partial charge in [0.1, 0.15) is 9.77 Å². The first-order valence-electron chi connectivity index (χ1n) is 4.93. The van der Waals surface area contributed by atoms with E-state index < -0.39 is 38.0 Å². The lowest BCUT2D eigenvalue weighted by atomic mass is 10.3. The summed E-state index contributed by atoms with van der Waals surface area (Å²) in [6.45, 7) is 1.35. The number of rotatable bonds is 4. The van der Waals surface area contributed by atoms with E-state index in [1.807, 2.05) is 0 Å². The van der Waals surface area contributed by atoms with Crippen LogP contribution in [0.25, 0.3) is 0 Å². The van der Waals surface area contributed by atoms with Gasteiger partial charge in [-0.25, -0.2) is 9.78 Å². The average Bonchev–Trinajstić information content (AvgIpc) is 2.29. The Labute approximate surface area is 123 Å². The molecule has 11 heteroatoms. The maximum Gasteiger partial charge on any atom is 0.573 e. The maximum absolute atomic E-state index is 12.3. The van der Waals surface area contributed by atoms with E-state index in [1.165, 1.54) is 29.5 Å². The average molecular weight is 406 g/mol. The van der Waals surface area contributed by atoms with Crippen LogP contribution in [0.1, 0.15) is 17.4 Å². The van der Waals surface area contributed by atoms with Gasteiger partial charge in [0.05, 0.1) is 11.5 Å². The molecular formula is C9H6F3IN2O5. The van der Waals surface area contributed by atoms with Crippen LogP contribution < -0.4 is 4.74 Å². The Hall–Kier alpha value is -1.66. The maximum atomic E-state index is 12.3. The number of pyridine rings is 1. The normalized spacial score (nSPS) is 11.1. The second-order valence-corrected chi connectivity index (χ2v) is 4.24. The van der Waals surface area contributed by atoms with Crippen LogP contribution in [0, 0.1) is 13.7 Å². The summed E-state index contributed by atoms with van der Waals surface area (Å²) in [7, 11) is 0. The molecule has 0 spiro atoms. The van der Waals surface area contributed by atoms with Gasteiger partial charge in [-0.05, 0) is 29.5 Å². The molecule has 7 nitrogen and oxygen atoms in total. The lowest BCUT2D eigenvalue weighted by Crippen LogP contribution is -2.21. The highest BCUT2D eigenvalue weighted by Crippen LogP contribution is 2.35. The van der Waals surface area contributed by atoms with Crippen LogP contribution >= 0.6 is 22.6 Å². The highest BCUT2D eigenvalue weighted by molar-refractivity contribution is 14.1. The Morgan fingerprint density at radius 2 is 2.15 bits per heavy atom. The van der Waals surface area contributed by atoms with E-state index in [0.29, 0.717) is 6.20 Å². The standard InChI is InChI=1S/C9H6F3IN2O5/c1-2-19-8(16)6-7(20-9(10,11)12)5(13)4(3-14-6)15(17)18/h3H,2H2,1H3. The number of ether oxygens (including phenoxy) is 2. The molecule has 0 amide bonds. The Kier molecular flexibility index (Phi) is 5.08. The van der Waals surface area contributed by atoms with Crippen molar-refractivity contribution in [1.82, 2.24) is 4.98 Å². The van der Waals surface area contributed by atoms with E-state index in [1.54, 1.807) is 0 Å². The topological polar surface area (TPSA) is 91.6 Å². The molecule has 0 N–H and O–H groups in total. The summed E-state index contributed by atoms with van der Waals surface area (Å²) in [6, 6.07) is 0. The van der Waals surface area contributed by atoms with Crippen molar-refractivity contribution in [2.45, 2.75) is 13.3 Å². The zero-order valence-corrected chi connectivity index (χ0v) is 11.9. The minimum atomic E-state index is -5.13. The predicted molar refractivity (Wildman–Crippen MR) is 66.2 cm³/mol. The number of nitro groups is 1. The zero-order chi connectivity index (χ0) is 15.5. The number of esters is 1. The Morgan fingerprint density at radius 3 is 2.60 bits per heavy atom. The number of aromatic nitrogens is 1. The molecule has 0 unspecified atom stereocenters. The fourth-order valence-electron chi connectivity index (χ4n) is 1.14. The Bertz CT molecular complexity index is 549. The monoisotopic (exact) mass is 406 g/mol. The quantitative estimate of drug-likeness (QED) is 0.331. The van der Waals surface area contributed by atoms with Crippen molar-refractivity contribution in [2.24, 2.45) is 0 Å². The molecule has 1 heterocycles. The van der Waals surface area contributed by atoms with Crippen molar-refractivity contribution in [1.29, 1.82) is 0 Å². The molecule has 0 fully saturated rings. The van der Waals surface area contributed by atoms with E-state index >= 15 is 0 Å². The fourth-order valence-corrected chi connectivity index (χ4v) is 1.84. The number of alkyl halides is 3. The number of hydrogen-bond acceptors (Lipinski definition) is 6. The van der Waals surface area contributed by atoms with Gasteiger partial charge in [-0.15, -0.1) is 13.2 Å². The summed E-state index contributed by atoms with van der Waals surface area (Å²) < 4.78 is 44.6. The van der Waals surface area contributed by atoms with E-state index in [4.69, 9.17) is 0 Å². The fraction of sp³-hybridized carbons (Fsp3) is 0.333. The van der Waals surface area contributed by atoms with Crippen LogP contribution in [0.2, 0.25) is 0 Å². The van der Waals surface area contributed by atoms with E-state index in [-0.39, 0.29) is 6.61 Å². The van der Waals surface area contributed by atoms with Crippen LogP contribution in [0.5, 0.6) is 5.75 Å². The summed E-state index contributed by atoms with van der Waals surface area (Å²) in [5.74, 6) is -2.22. The Morgan fingerprint density at radius 1 is 1.55 bits per heavy atom. The first kappa shape index (κ1) is 16.4. The summed E-state index contributed by atoms with van der Waals surface area (Å²) >= 11 is 1.27. The summed E-state index contributed by atoms with van der Waals surface area (Å²) in [5.41, 5.74) is -1.49. The number of carbonyl (C=O) groups is 1. The van der Waals surface area contributed by atoms with E-state index in [9.17, 15) is 28.1 Å². The lowest BCUT2D eigenvalue weighted by Gasteiger charge is -2.13. The largest absolute Gasteiger partial charge is 0.573 e. The highest BCUT2D eigenvalue weighted by Gasteiger charge is 2.37. The van der Waals surface area contributed by atoms with Crippen molar-refractivity contribution in [3.8, 4) is 5.75 Å². The third kappa shape index (κ3) is 3.91. The van der Waals surface area contributed by atoms with Crippen molar-refractivity contribution in [3.63, 3.8) is 0 Å². The van der Waals surface area contributed by atoms with Gasteiger partial charge in [0.2, 0.25) is 0 Å². The molecule has 0 aliphatic heterocycles. The summed E-state index contributed by atoms with van der Waals surface area (Å²) in [6.07, 6.45) is -4.46. The van der Waals surface area contributed by atoms with Gasteiger partial charge in [-0.2, -0.15) is 0 Å². The molecule has 0 saturated carbocycles. The molecule has 1 rings (SSSR count). The molecular weight excluding hydrogens is 400 g/mol.